The monoisotopic (exact) mass is 472 g/mol. The van der Waals surface area contributed by atoms with E-state index in [-0.39, 0.29) is 16.6 Å². The maximum Gasteiger partial charge on any atom is 0.277 e. The van der Waals surface area contributed by atoms with Crippen LogP contribution >= 0.6 is 11.8 Å². The van der Waals surface area contributed by atoms with E-state index in [9.17, 15) is 13.2 Å². The third kappa shape index (κ3) is 5.49. The molecule has 10 heteroatoms. The Kier molecular flexibility index (Phi) is 6.80. The molecule has 1 aromatic heterocycles. The van der Waals surface area contributed by atoms with Gasteiger partial charge in [0.2, 0.25) is 11.8 Å². The second kappa shape index (κ2) is 9.74. The van der Waals surface area contributed by atoms with Crippen LogP contribution in [-0.2, 0) is 14.8 Å². The van der Waals surface area contributed by atoms with Gasteiger partial charge in [-0.1, -0.05) is 29.5 Å². The Balaban J connectivity index is 1.36. The molecular formula is C22H24N4O4S2. The smallest absolute Gasteiger partial charge is 0.277 e. The van der Waals surface area contributed by atoms with Gasteiger partial charge in [0.25, 0.3) is 15.2 Å². The molecule has 168 valence electrons. The lowest BCUT2D eigenvalue weighted by atomic mass is 10.1. The second-order valence-corrected chi connectivity index (χ2v) is 10.2. The summed E-state index contributed by atoms with van der Waals surface area (Å²) in [5, 5.41) is 8.37. The van der Waals surface area contributed by atoms with E-state index in [1.807, 2.05) is 11.8 Å². The Morgan fingerprint density at radius 3 is 2.41 bits per heavy atom. The predicted octanol–water partition coefficient (Wildman–Crippen LogP) is 3.95. The zero-order chi connectivity index (χ0) is 22.6. The molecule has 32 heavy (non-hydrogen) atoms. The molecule has 0 saturated carbocycles. The highest BCUT2D eigenvalue weighted by atomic mass is 32.2. The molecule has 3 aromatic rings. The number of nitrogens with zero attached hydrogens (tertiary/aromatic N) is 3. The van der Waals surface area contributed by atoms with E-state index in [1.54, 1.807) is 48.5 Å². The summed E-state index contributed by atoms with van der Waals surface area (Å²) < 4.78 is 33.3. The number of aryl methyl sites for hydroxylation is 1. The van der Waals surface area contributed by atoms with Crippen LogP contribution in [0.15, 0.2) is 63.1 Å². The molecular weight excluding hydrogens is 448 g/mol. The third-order valence-corrected chi connectivity index (χ3v) is 7.35. The Morgan fingerprint density at radius 1 is 1.03 bits per heavy atom. The molecule has 0 spiro atoms. The quantitative estimate of drug-likeness (QED) is 0.519. The summed E-state index contributed by atoms with van der Waals surface area (Å²) in [6.45, 7) is 3.53. The highest BCUT2D eigenvalue weighted by Gasteiger charge is 2.18. The van der Waals surface area contributed by atoms with Crippen molar-refractivity contribution in [3.8, 4) is 11.5 Å². The minimum atomic E-state index is -3.67. The number of nitrogens with one attached hydrogen (secondary N) is 1. The van der Waals surface area contributed by atoms with E-state index in [0.29, 0.717) is 22.4 Å². The molecule has 1 aliphatic rings. The molecule has 0 atom stereocenters. The van der Waals surface area contributed by atoms with E-state index in [1.165, 1.54) is 18.2 Å². The van der Waals surface area contributed by atoms with Crippen LogP contribution in [-0.4, -0.2) is 48.3 Å². The van der Waals surface area contributed by atoms with E-state index in [2.05, 4.69) is 14.9 Å². The summed E-state index contributed by atoms with van der Waals surface area (Å²) in [7, 11) is -3.67. The third-order valence-electron chi connectivity index (χ3n) is 5.15. The number of thioether (sulfide) groups is 1. The maximum absolute atomic E-state index is 12.5. The average molecular weight is 473 g/mol. The number of piperidine rings is 1. The van der Waals surface area contributed by atoms with Crippen LogP contribution in [0.5, 0.6) is 0 Å². The van der Waals surface area contributed by atoms with Gasteiger partial charge < -0.3 is 9.32 Å². The summed E-state index contributed by atoms with van der Waals surface area (Å²) in [6.07, 6.45) is 3.28. The zero-order valence-electron chi connectivity index (χ0n) is 17.7. The summed E-state index contributed by atoms with van der Waals surface area (Å²) in [5.74, 6) is 0.659. The first-order valence-electron chi connectivity index (χ1n) is 10.3. The average Bonchev–Trinajstić information content (AvgIpc) is 3.28. The van der Waals surface area contributed by atoms with Crippen LogP contribution < -0.4 is 4.72 Å². The number of carbonyl (C=O) groups is 1. The number of rotatable bonds is 7. The minimum Gasteiger partial charge on any atom is -0.411 e. The predicted molar refractivity (Wildman–Crippen MR) is 123 cm³/mol. The van der Waals surface area contributed by atoms with E-state index >= 15 is 0 Å². The first-order valence-corrected chi connectivity index (χ1v) is 12.8. The van der Waals surface area contributed by atoms with Gasteiger partial charge in [-0.25, -0.2) is 8.42 Å². The Hall–Kier alpha value is -2.85. The van der Waals surface area contributed by atoms with Gasteiger partial charge in [0.1, 0.15) is 0 Å². The van der Waals surface area contributed by atoms with Gasteiger partial charge in [-0.05, 0) is 62.6 Å². The minimum absolute atomic E-state index is 0.0830. The molecule has 0 radical (unpaired) electrons. The van der Waals surface area contributed by atoms with Crippen molar-refractivity contribution in [2.24, 2.45) is 0 Å². The van der Waals surface area contributed by atoms with Gasteiger partial charge in [0.15, 0.2) is 0 Å². The van der Waals surface area contributed by atoms with Crippen molar-refractivity contribution in [3.63, 3.8) is 0 Å². The van der Waals surface area contributed by atoms with Crippen molar-refractivity contribution < 1.29 is 17.6 Å². The molecule has 1 N–H and O–H groups in total. The fraction of sp³-hybridized carbons (Fsp3) is 0.318. The van der Waals surface area contributed by atoms with E-state index in [4.69, 9.17) is 4.42 Å². The fourth-order valence-electron chi connectivity index (χ4n) is 3.36. The summed E-state index contributed by atoms with van der Waals surface area (Å²) >= 11 is 1.22. The number of anilines is 1. The van der Waals surface area contributed by atoms with Gasteiger partial charge in [-0.15, -0.1) is 10.2 Å². The highest BCUT2D eigenvalue weighted by Crippen LogP contribution is 2.26. The Labute approximate surface area is 191 Å². The molecule has 0 aliphatic carbocycles. The van der Waals surface area contributed by atoms with Gasteiger partial charge >= 0.3 is 0 Å². The van der Waals surface area contributed by atoms with Crippen LogP contribution in [0.2, 0.25) is 0 Å². The van der Waals surface area contributed by atoms with Crippen molar-refractivity contribution in [2.75, 3.05) is 23.6 Å². The van der Waals surface area contributed by atoms with Crippen molar-refractivity contribution in [2.45, 2.75) is 36.3 Å². The normalized spacial score (nSPS) is 14.3. The standard InChI is InChI=1S/C22H24N4O4S2/c1-16-5-11-19(12-6-16)32(28,29)25-18-9-7-17(8-10-18)21-23-24-22(30-21)31-15-20(27)26-13-3-2-4-14-26/h5-12,25H,2-4,13-15H2,1H3. The molecule has 1 saturated heterocycles. The maximum atomic E-state index is 12.5. The lowest BCUT2D eigenvalue weighted by Gasteiger charge is -2.26. The zero-order valence-corrected chi connectivity index (χ0v) is 19.3. The number of carbonyl (C=O) groups excluding carboxylic acids is 1. The molecule has 8 nitrogen and oxygen atoms in total. The Morgan fingerprint density at radius 2 is 1.72 bits per heavy atom. The number of hydrogen-bond acceptors (Lipinski definition) is 7. The Bertz CT molecular complexity index is 1170. The van der Waals surface area contributed by atoms with Crippen molar-refractivity contribution in [1.29, 1.82) is 0 Å². The second-order valence-electron chi connectivity index (χ2n) is 7.60. The first-order chi connectivity index (χ1) is 15.4. The molecule has 4 rings (SSSR count). The lowest BCUT2D eigenvalue weighted by Crippen LogP contribution is -2.36. The summed E-state index contributed by atoms with van der Waals surface area (Å²) in [5.41, 5.74) is 2.07. The van der Waals surface area contributed by atoms with Gasteiger partial charge in [-0.3, -0.25) is 9.52 Å². The topological polar surface area (TPSA) is 105 Å². The van der Waals surface area contributed by atoms with Gasteiger partial charge in [0, 0.05) is 24.3 Å². The molecule has 1 aliphatic heterocycles. The molecule has 0 bridgehead atoms. The molecule has 2 aromatic carbocycles. The van der Waals surface area contributed by atoms with E-state index < -0.39 is 10.0 Å². The van der Waals surface area contributed by atoms with Crippen molar-refractivity contribution >= 4 is 33.4 Å². The van der Waals surface area contributed by atoms with Crippen molar-refractivity contribution in [3.05, 3.63) is 54.1 Å². The molecule has 1 amide bonds. The largest absolute Gasteiger partial charge is 0.411 e. The van der Waals surface area contributed by atoms with Crippen LogP contribution in [0.1, 0.15) is 24.8 Å². The number of sulfonamides is 1. The fourth-order valence-corrected chi connectivity index (χ4v) is 5.08. The van der Waals surface area contributed by atoms with Crippen LogP contribution in [0.4, 0.5) is 5.69 Å². The molecule has 0 unspecified atom stereocenters. The van der Waals surface area contributed by atoms with Crippen molar-refractivity contribution in [1.82, 2.24) is 15.1 Å². The van der Waals surface area contributed by atoms with Gasteiger partial charge in [-0.2, -0.15) is 0 Å². The number of amides is 1. The summed E-state index contributed by atoms with van der Waals surface area (Å²) in [4.78, 5) is 14.4. The van der Waals surface area contributed by atoms with Crippen LogP contribution in [0.3, 0.4) is 0 Å². The van der Waals surface area contributed by atoms with E-state index in [0.717, 1.165) is 31.5 Å². The lowest BCUT2D eigenvalue weighted by molar-refractivity contribution is -0.129. The number of likely N-dealkylation sites (tertiary alicyclic amines) is 1. The highest BCUT2D eigenvalue weighted by molar-refractivity contribution is 7.99. The van der Waals surface area contributed by atoms with Crippen LogP contribution in [0, 0.1) is 6.92 Å². The van der Waals surface area contributed by atoms with Crippen LogP contribution in [0.25, 0.3) is 11.5 Å². The SMILES string of the molecule is Cc1ccc(S(=O)(=O)Nc2ccc(-c3nnc(SCC(=O)N4CCCCC4)o3)cc2)cc1. The van der Waals surface area contributed by atoms with Gasteiger partial charge in [0.05, 0.1) is 10.6 Å². The number of benzene rings is 2. The first kappa shape index (κ1) is 22.3. The number of hydrogen-bond donors (Lipinski definition) is 1. The molecule has 1 fully saturated rings. The number of aromatic nitrogens is 2. The summed E-state index contributed by atoms with van der Waals surface area (Å²) in [6, 6.07) is 13.3. The molecule has 2 heterocycles.